The molecule has 1 fully saturated rings. The number of amides is 1. The minimum absolute atomic E-state index is 0.0788. The second-order valence-corrected chi connectivity index (χ2v) is 6.05. The molecule has 0 aliphatic heterocycles. The Morgan fingerprint density at radius 2 is 2.10 bits per heavy atom. The molecule has 116 valence electrons. The topological polar surface area (TPSA) is 45.2 Å². The third-order valence-corrected chi connectivity index (χ3v) is 4.17. The van der Waals surface area contributed by atoms with E-state index in [0.717, 1.165) is 25.3 Å². The summed E-state index contributed by atoms with van der Waals surface area (Å²) < 4.78 is 0. The van der Waals surface area contributed by atoms with E-state index in [2.05, 4.69) is 17.2 Å². The van der Waals surface area contributed by atoms with Gasteiger partial charge in [-0.25, -0.2) is 4.98 Å². The van der Waals surface area contributed by atoms with E-state index in [1.165, 1.54) is 32.1 Å². The number of hydrogen-bond donors (Lipinski definition) is 1. The van der Waals surface area contributed by atoms with E-state index >= 15 is 0 Å². The van der Waals surface area contributed by atoms with Crippen LogP contribution < -0.4 is 5.32 Å². The number of nitrogens with zero attached hydrogens (tertiary/aromatic N) is 2. The fraction of sp³-hybridized carbons (Fsp3) is 0.647. The van der Waals surface area contributed by atoms with Crippen LogP contribution in [0.4, 0.5) is 5.82 Å². The SMILES string of the molecule is CCCNc1ccc(C(=O)N(C)CC2CCCCC2)cn1. The molecule has 1 aromatic heterocycles. The zero-order chi connectivity index (χ0) is 15.1. The van der Waals surface area contributed by atoms with Crippen molar-refractivity contribution in [3.05, 3.63) is 23.9 Å². The Bertz CT molecular complexity index is 438. The number of rotatable bonds is 6. The van der Waals surface area contributed by atoms with Gasteiger partial charge in [0.15, 0.2) is 0 Å². The largest absolute Gasteiger partial charge is 0.370 e. The van der Waals surface area contributed by atoms with Crippen LogP contribution in [0.2, 0.25) is 0 Å². The van der Waals surface area contributed by atoms with Crippen LogP contribution in [0, 0.1) is 5.92 Å². The molecule has 1 aromatic rings. The summed E-state index contributed by atoms with van der Waals surface area (Å²) >= 11 is 0. The maximum Gasteiger partial charge on any atom is 0.255 e. The standard InChI is InChI=1S/C17H27N3O/c1-3-11-18-16-10-9-15(12-19-16)17(21)20(2)13-14-7-5-4-6-8-14/h9-10,12,14H,3-8,11,13H2,1-2H3,(H,18,19). The summed E-state index contributed by atoms with van der Waals surface area (Å²) in [6, 6.07) is 3.75. The van der Waals surface area contributed by atoms with E-state index in [0.29, 0.717) is 11.5 Å². The summed E-state index contributed by atoms with van der Waals surface area (Å²) in [4.78, 5) is 18.6. The van der Waals surface area contributed by atoms with Crippen LogP contribution in [0.1, 0.15) is 55.8 Å². The van der Waals surface area contributed by atoms with E-state index in [1.54, 1.807) is 6.20 Å². The first-order valence-electron chi connectivity index (χ1n) is 8.16. The van der Waals surface area contributed by atoms with Gasteiger partial charge in [0.25, 0.3) is 5.91 Å². The first-order chi connectivity index (χ1) is 10.2. The van der Waals surface area contributed by atoms with E-state index in [4.69, 9.17) is 0 Å². The Morgan fingerprint density at radius 1 is 1.33 bits per heavy atom. The molecule has 0 saturated heterocycles. The predicted molar refractivity (Wildman–Crippen MR) is 86.6 cm³/mol. The molecule has 1 N–H and O–H groups in total. The quantitative estimate of drug-likeness (QED) is 0.871. The summed E-state index contributed by atoms with van der Waals surface area (Å²) in [6.45, 7) is 3.89. The maximum absolute atomic E-state index is 12.4. The van der Waals surface area contributed by atoms with Crippen molar-refractivity contribution in [2.24, 2.45) is 5.92 Å². The van der Waals surface area contributed by atoms with Gasteiger partial charge in [-0.1, -0.05) is 26.2 Å². The summed E-state index contributed by atoms with van der Waals surface area (Å²) in [5.41, 5.74) is 0.676. The van der Waals surface area contributed by atoms with Crippen molar-refractivity contribution in [2.75, 3.05) is 25.5 Å². The Morgan fingerprint density at radius 3 is 2.71 bits per heavy atom. The first kappa shape index (κ1) is 15.8. The average molecular weight is 289 g/mol. The van der Waals surface area contributed by atoms with Crippen molar-refractivity contribution in [2.45, 2.75) is 45.4 Å². The van der Waals surface area contributed by atoms with Gasteiger partial charge >= 0.3 is 0 Å². The van der Waals surface area contributed by atoms with Crippen LogP contribution in [-0.2, 0) is 0 Å². The van der Waals surface area contributed by atoms with Crippen LogP contribution in [0.25, 0.3) is 0 Å². The van der Waals surface area contributed by atoms with Crippen LogP contribution >= 0.6 is 0 Å². The van der Waals surface area contributed by atoms with Crippen molar-refractivity contribution in [3.63, 3.8) is 0 Å². The zero-order valence-electron chi connectivity index (χ0n) is 13.3. The molecule has 0 bridgehead atoms. The maximum atomic E-state index is 12.4. The van der Waals surface area contributed by atoms with Gasteiger partial charge in [-0.05, 0) is 37.3 Å². The van der Waals surface area contributed by atoms with Gasteiger partial charge < -0.3 is 10.2 Å². The Hall–Kier alpha value is -1.58. The minimum Gasteiger partial charge on any atom is -0.370 e. The van der Waals surface area contributed by atoms with Crippen molar-refractivity contribution >= 4 is 11.7 Å². The fourth-order valence-corrected chi connectivity index (χ4v) is 2.94. The molecular formula is C17H27N3O. The summed E-state index contributed by atoms with van der Waals surface area (Å²) in [5.74, 6) is 1.59. The normalized spacial score (nSPS) is 15.7. The van der Waals surface area contributed by atoms with Crippen LogP contribution in [0.5, 0.6) is 0 Å². The highest BCUT2D eigenvalue weighted by Gasteiger charge is 2.19. The minimum atomic E-state index is 0.0788. The molecule has 0 spiro atoms. The van der Waals surface area contributed by atoms with E-state index in [9.17, 15) is 4.79 Å². The number of carbonyl (C=O) groups excluding carboxylic acids is 1. The van der Waals surface area contributed by atoms with Crippen LogP contribution in [-0.4, -0.2) is 35.9 Å². The van der Waals surface area contributed by atoms with Gasteiger partial charge in [-0.15, -0.1) is 0 Å². The number of anilines is 1. The fourth-order valence-electron chi connectivity index (χ4n) is 2.94. The monoisotopic (exact) mass is 289 g/mol. The number of pyridine rings is 1. The Kier molecular flexibility index (Phi) is 6.03. The summed E-state index contributed by atoms with van der Waals surface area (Å²) in [7, 11) is 1.90. The number of carbonyl (C=O) groups is 1. The van der Waals surface area contributed by atoms with Gasteiger partial charge in [0.2, 0.25) is 0 Å². The van der Waals surface area contributed by atoms with Crippen molar-refractivity contribution in [3.8, 4) is 0 Å². The molecule has 1 aliphatic rings. The van der Waals surface area contributed by atoms with E-state index < -0.39 is 0 Å². The molecule has 4 heteroatoms. The van der Waals surface area contributed by atoms with E-state index in [-0.39, 0.29) is 5.91 Å². The van der Waals surface area contributed by atoms with Gasteiger partial charge in [0.1, 0.15) is 5.82 Å². The lowest BCUT2D eigenvalue weighted by Gasteiger charge is -2.27. The third-order valence-electron chi connectivity index (χ3n) is 4.17. The Labute approximate surface area is 127 Å². The molecule has 0 aromatic carbocycles. The average Bonchev–Trinajstić information content (AvgIpc) is 2.53. The van der Waals surface area contributed by atoms with Crippen LogP contribution in [0.15, 0.2) is 18.3 Å². The molecule has 0 radical (unpaired) electrons. The number of aromatic nitrogens is 1. The van der Waals surface area contributed by atoms with Gasteiger partial charge in [0, 0.05) is 26.3 Å². The first-order valence-corrected chi connectivity index (χ1v) is 8.16. The highest BCUT2D eigenvalue weighted by molar-refractivity contribution is 5.93. The molecule has 1 amide bonds. The lowest BCUT2D eigenvalue weighted by molar-refractivity contribution is 0.0760. The molecule has 1 heterocycles. The van der Waals surface area contributed by atoms with Crippen LogP contribution in [0.3, 0.4) is 0 Å². The predicted octanol–water partition coefficient (Wildman–Crippen LogP) is 3.56. The summed E-state index contributed by atoms with van der Waals surface area (Å²) in [5, 5.41) is 3.22. The van der Waals surface area contributed by atoms with E-state index in [1.807, 2.05) is 24.1 Å². The molecule has 2 rings (SSSR count). The molecule has 21 heavy (non-hydrogen) atoms. The number of nitrogens with one attached hydrogen (secondary N) is 1. The molecule has 0 unspecified atom stereocenters. The zero-order valence-corrected chi connectivity index (χ0v) is 13.3. The smallest absolute Gasteiger partial charge is 0.255 e. The van der Waals surface area contributed by atoms with Crippen molar-refractivity contribution in [1.29, 1.82) is 0 Å². The van der Waals surface area contributed by atoms with Gasteiger partial charge in [0.05, 0.1) is 5.56 Å². The number of hydrogen-bond acceptors (Lipinski definition) is 3. The Balaban J connectivity index is 1.88. The molecule has 1 aliphatic carbocycles. The van der Waals surface area contributed by atoms with Gasteiger partial charge in [-0.2, -0.15) is 0 Å². The highest BCUT2D eigenvalue weighted by Crippen LogP contribution is 2.24. The molecule has 0 atom stereocenters. The van der Waals surface area contributed by atoms with Crippen molar-refractivity contribution < 1.29 is 4.79 Å². The molecular weight excluding hydrogens is 262 g/mol. The highest BCUT2D eigenvalue weighted by atomic mass is 16.2. The second kappa shape index (κ2) is 8.01. The van der Waals surface area contributed by atoms with Gasteiger partial charge in [-0.3, -0.25) is 4.79 Å². The summed E-state index contributed by atoms with van der Waals surface area (Å²) in [6.07, 6.45) is 9.23. The molecule has 4 nitrogen and oxygen atoms in total. The molecule has 1 saturated carbocycles. The lowest BCUT2D eigenvalue weighted by Crippen LogP contribution is -2.32. The third kappa shape index (κ3) is 4.73. The second-order valence-electron chi connectivity index (χ2n) is 6.05. The van der Waals surface area contributed by atoms with Crippen molar-refractivity contribution in [1.82, 2.24) is 9.88 Å². The lowest BCUT2D eigenvalue weighted by atomic mass is 9.89.